The molecule has 7 heteroatoms. The minimum Gasteiger partial charge on any atom is -0.396 e. The highest BCUT2D eigenvalue weighted by atomic mass is 19.3. The van der Waals surface area contributed by atoms with E-state index in [1.54, 1.807) is 10.9 Å². The van der Waals surface area contributed by atoms with Gasteiger partial charge in [-0.2, -0.15) is 5.10 Å². The van der Waals surface area contributed by atoms with E-state index < -0.39 is 11.8 Å². The van der Waals surface area contributed by atoms with Gasteiger partial charge in [-0.05, 0) is 6.42 Å². The summed E-state index contributed by atoms with van der Waals surface area (Å²) in [7, 11) is 0. The average molecular weight is 258 g/mol. The van der Waals surface area contributed by atoms with Crippen LogP contribution in [0.5, 0.6) is 0 Å². The topological polar surface area (TPSA) is 72.9 Å². The predicted molar refractivity (Wildman–Crippen MR) is 61.9 cm³/mol. The van der Waals surface area contributed by atoms with Gasteiger partial charge >= 0.3 is 0 Å². The summed E-state index contributed by atoms with van der Waals surface area (Å²) in [5.74, 6) is -3.55. The maximum absolute atomic E-state index is 12.9. The van der Waals surface area contributed by atoms with Crippen LogP contribution in [0.15, 0.2) is 12.4 Å². The van der Waals surface area contributed by atoms with Gasteiger partial charge in [0.1, 0.15) is 0 Å². The average Bonchev–Trinajstić information content (AvgIpc) is 2.85. The summed E-state index contributed by atoms with van der Waals surface area (Å²) < 4.78 is 27.5. The van der Waals surface area contributed by atoms with Crippen LogP contribution in [0.2, 0.25) is 0 Å². The van der Waals surface area contributed by atoms with Crippen LogP contribution in [-0.4, -0.2) is 28.2 Å². The first-order chi connectivity index (χ1) is 8.46. The normalized spacial score (nSPS) is 22.0. The van der Waals surface area contributed by atoms with Gasteiger partial charge in [0.2, 0.25) is 11.8 Å². The van der Waals surface area contributed by atoms with Crippen molar-refractivity contribution in [2.24, 2.45) is 5.92 Å². The molecular formula is C11H16F2N4O. The van der Waals surface area contributed by atoms with E-state index in [-0.39, 0.29) is 25.2 Å². The second-order valence-electron chi connectivity index (χ2n) is 4.62. The zero-order valence-corrected chi connectivity index (χ0v) is 9.90. The second kappa shape index (κ2) is 4.91. The van der Waals surface area contributed by atoms with Gasteiger partial charge in [-0.15, -0.1) is 0 Å². The van der Waals surface area contributed by atoms with E-state index in [0.29, 0.717) is 18.8 Å². The summed E-state index contributed by atoms with van der Waals surface area (Å²) in [5, 5.41) is 6.60. The van der Waals surface area contributed by atoms with Crippen molar-refractivity contribution in [3.05, 3.63) is 12.4 Å². The minimum absolute atomic E-state index is 0.194. The predicted octanol–water partition coefficient (Wildman–Crippen LogP) is 1.02. The molecule has 1 aliphatic carbocycles. The van der Waals surface area contributed by atoms with Crippen LogP contribution >= 0.6 is 0 Å². The van der Waals surface area contributed by atoms with Gasteiger partial charge < -0.3 is 11.1 Å². The third kappa shape index (κ3) is 3.18. The molecule has 0 aliphatic heterocycles. The van der Waals surface area contributed by atoms with Gasteiger partial charge in [0.05, 0.1) is 18.4 Å². The molecule has 1 aliphatic rings. The highest BCUT2D eigenvalue weighted by Crippen LogP contribution is 2.38. The molecule has 1 aromatic rings. The third-order valence-electron chi connectivity index (χ3n) is 3.07. The molecule has 0 saturated heterocycles. The smallest absolute Gasteiger partial charge is 0.248 e. The summed E-state index contributed by atoms with van der Waals surface area (Å²) in [6.45, 7) is 0.841. The first-order valence-corrected chi connectivity index (χ1v) is 5.90. The summed E-state index contributed by atoms with van der Waals surface area (Å²) in [5.41, 5.74) is 6.04. The van der Waals surface area contributed by atoms with Crippen LogP contribution in [-0.2, 0) is 11.3 Å². The Morgan fingerprint density at radius 3 is 3.00 bits per heavy atom. The number of carbonyl (C=O) groups is 1. The van der Waals surface area contributed by atoms with E-state index >= 15 is 0 Å². The number of hydrogen-bond donors (Lipinski definition) is 2. The number of nitrogens with two attached hydrogens (primary N) is 1. The number of rotatable bonds is 4. The molecule has 0 radical (unpaired) electrons. The number of amides is 1. The number of carbonyl (C=O) groups excluding carboxylic acids is 1. The number of nitrogens with one attached hydrogen (secondary N) is 1. The summed E-state index contributed by atoms with van der Waals surface area (Å²) in [6, 6.07) is 0. The van der Waals surface area contributed by atoms with Gasteiger partial charge in [0.25, 0.3) is 0 Å². The molecule has 1 heterocycles. The fraction of sp³-hybridized carbons (Fsp3) is 0.636. The first kappa shape index (κ1) is 12.8. The Morgan fingerprint density at radius 1 is 1.67 bits per heavy atom. The Hall–Kier alpha value is -1.66. The van der Waals surface area contributed by atoms with Crippen LogP contribution in [0, 0.1) is 5.92 Å². The van der Waals surface area contributed by atoms with Crippen molar-refractivity contribution in [2.75, 3.05) is 12.3 Å². The molecule has 0 bridgehead atoms. The lowest BCUT2D eigenvalue weighted by Gasteiger charge is -2.11. The van der Waals surface area contributed by atoms with E-state index in [4.69, 9.17) is 5.73 Å². The van der Waals surface area contributed by atoms with Crippen LogP contribution in [0.4, 0.5) is 14.5 Å². The summed E-state index contributed by atoms with van der Waals surface area (Å²) in [4.78, 5) is 11.6. The molecule has 1 fully saturated rings. The van der Waals surface area contributed by atoms with Gasteiger partial charge in [0.15, 0.2) is 0 Å². The van der Waals surface area contributed by atoms with Crippen molar-refractivity contribution < 1.29 is 13.6 Å². The number of halogens is 2. The molecular weight excluding hydrogens is 242 g/mol. The number of alkyl halides is 2. The Balaban J connectivity index is 1.72. The number of aromatic nitrogens is 2. The largest absolute Gasteiger partial charge is 0.396 e. The van der Waals surface area contributed by atoms with Crippen molar-refractivity contribution in [3.63, 3.8) is 0 Å². The van der Waals surface area contributed by atoms with E-state index in [1.807, 2.05) is 0 Å². The van der Waals surface area contributed by atoms with Gasteiger partial charge in [-0.25, -0.2) is 8.78 Å². The Kier molecular flexibility index (Phi) is 3.49. The standard InChI is InChI=1S/C11H16F2N4O/c12-11(13)2-1-8(5-11)10(18)15-3-4-17-7-9(14)6-16-17/h6-8H,1-5,14H2,(H,15,18). The van der Waals surface area contributed by atoms with Gasteiger partial charge in [-0.1, -0.05) is 0 Å². The number of hydrogen-bond acceptors (Lipinski definition) is 3. The lowest BCUT2D eigenvalue weighted by Crippen LogP contribution is -2.32. The first-order valence-electron chi connectivity index (χ1n) is 5.90. The zero-order valence-electron chi connectivity index (χ0n) is 9.90. The van der Waals surface area contributed by atoms with Crippen LogP contribution in [0.1, 0.15) is 19.3 Å². The van der Waals surface area contributed by atoms with Crippen LogP contribution < -0.4 is 11.1 Å². The molecule has 18 heavy (non-hydrogen) atoms. The van der Waals surface area contributed by atoms with E-state index in [0.717, 1.165) is 0 Å². The third-order valence-corrected chi connectivity index (χ3v) is 3.07. The summed E-state index contributed by atoms with van der Waals surface area (Å²) >= 11 is 0. The molecule has 0 aromatic carbocycles. The fourth-order valence-electron chi connectivity index (χ4n) is 2.11. The zero-order chi connectivity index (χ0) is 13.2. The molecule has 1 aromatic heterocycles. The van der Waals surface area contributed by atoms with E-state index in [2.05, 4.69) is 10.4 Å². The van der Waals surface area contributed by atoms with Crippen LogP contribution in [0.25, 0.3) is 0 Å². The second-order valence-corrected chi connectivity index (χ2v) is 4.62. The number of nitrogen functional groups attached to an aromatic ring is 1. The molecule has 0 spiro atoms. The lowest BCUT2D eigenvalue weighted by atomic mass is 10.1. The van der Waals surface area contributed by atoms with Crippen LogP contribution in [0.3, 0.4) is 0 Å². The summed E-state index contributed by atoms with van der Waals surface area (Å²) in [6.07, 6.45) is 2.89. The molecule has 2 rings (SSSR count). The number of nitrogens with zero attached hydrogens (tertiary/aromatic N) is 2. The Labute approximate surface area is 103 Å². The van der Waals surface area contributed by atoms with Crippen molar-refractivity contribution in [3.8, 4) is 0 Å². The molecule has 1 saturated carbocycles. The molecule has 100 valence electrons. The van der Waals surface area contributed by atoms with Gasteiger partial charge in [0, 0.05) is 31.5 Å². The quantitative estimate of drug-likeness (QED) is 0.846. The Morgan fingerprint density at radius 2 is 2.44 bits per heavy atom. The monoisotopic (exact) mass is 258 g/mol. The molecule has 1 atom stereocenters. The van der Waals surface area contributed by atoms with Crippen molar-refractivity contribution in [1.29, 1.82) is 0 Å². The van der Waals surface area contributed by atoms with Crippen molar-refractivity contribution in [2.45, 2.75) is 31.7 Å². The maximum atomic E-state index is 12.9. The molecule has 3 N–H and O–H groups in total. The SMILES string of the molecule is Nc1cnn(CCNC(=O)C2CCC(F)(F)C2)c1. The molecule has 1 amide bonds. The highest BCUT2D eigenvalue weighted by Gasteiger charge is 2.42. The van der Waals surface area contributed by atoms with Crippen molar-refractivity contribution in [1.82, 2.24) is 15.1 Å². The Bertz CT molecular complexity index is 432. The lowest BCUT2D eigenvalue weighted by molar-refractivity contribution is -0.125. The fourth-order valence-corrected chi connectivity index (χ4v) is 2.11. The molecule has 5 nitrogen and oxygen atoms in total. The van der Waals surface area contributed by atoms with E-state index in [9.17, 15) is 13.6 Å². The maximum Gasteiger partial charge on any atom is 0.248 e. The molecule has 1 unspecified atom stereocenters. The number of anilines is 1. The van der Waals surface area contributed by atoms with Gasteiger partial charge in [-0.3, -0.25) is 9.48 Å². The van der Waals surface area contributed by atoms with E-state index in [1.165, 1.54) is 6.20 Å². The minimum atomic E-state index is -2.68. The van der Waals surface area contributed by atoms with Crippen molar-refractivity contribution >= 4 is 11.6 Å². The highest BCUT2D eigenvalue weighted by molar-refractivity contribution is 5.79.